The Bertz CT molecular complexity index is 541. The molecular weight excluding hydrogens is 326 g/mol. The average Bonchev–Trinajstić information content (AvgIpc) is 2.43. The molecule has 0 aromatic carbocycles. The van der Waals surface area contributed by atoms with E-state index in [4.69, 9.17) is 16.3 Å². The molecule has 1 fully saturated rings. The Morgan fingerprint density at radius 2 is 2.04 bits per heavy atom. The van der Waals surface area contributed by atoms with Crippen LogP contribution in [0.25, 0.3) is 0 Å². The summed E-state index contributed by atoms with van der Waals surface area (Å²) in [7, 11) is 0. The van der Waals surface area contributed by atoms with Crippen molar-refractivity contribution in [1.29, 1.82) is 0 Å². The summed E-state index contributed by atoms with van der Waals surface area (Å²) in [5.74, 6) is 1.45. The molecule has 1 saturated heterocycles. The lowest BCUT2D eigenvalue weighted by atomic mass is 10.0. The van der Waals surface area contributed by atoms with Gasteiger partial charge in [0.2, 0.25) is 0 Å². The summed E-state index contributed by atoms with van der Waals surface area (Å²) < 4.78 is 5.32. The number of aliphatic imine (C=N–C) groups is 1. The highest BCUT2D eigenvalue weighted by Gasteiger charge is 2.25. The van der Waals surface area contributed by atoms with Crippen molar-refractivity contribution in [2.75, 3.05) is 13.1 Å². The maximum atomic E-state index is 11.9. The number of carbonyl (C=O) groups is 1. The molecule has 0 bridgehead atoms. The molecule has 6 heteroatoms. The maximum Gasteiger partial charge on any atom is 0.407 e. The number of rotatable bonds is 1. The normalized spacial score (nSPS) is 23.0. The summed E-state index contributed by atoms with van der Waals surface area (Å²) in [5.41, 5.74) is -0.463. The van der Waals surface area contributed by atoms with Gasteiger partial charge in [-0.05, 0) is 45.6 Å². The number of halogens is 1. The minimum absolute atomic E-state index is 0.160. The standard InChI is InChI=1S/C18H28ClN3O2/c1-13-11-14(19)5-8-20-16(12-13)22-9-6-15(7-10-22)21-17(23)24-18(2,3)4/h5,8,11,13,15H,6-7,9-10,12H2,1-4H3,(H,21,23). The molecule has 1 amide bonds. The molecule has 0 radical (unpaired) electrons. The van der Waals surface area contributed by atoms with Crippen molar-refractivity contribution in [2.45, 2.75) is 58.6 Å². The third kappa shape index (κ3) is 6.19. The Hall–Kier alpha value is -1.49. The number of nitrogens with one attached hydrogen (secondary N) is 1. The molecule has 1 unspecified atom stereocenters. The van der Waals surface area contributed by atoms with E-state index in [1.807, 2.05) is 26.8 Å². The topological polar surface area (TPSA) is 53.9 Å². The number of hydrogen-bond acceptors (Lipinski definition) is 4. The molecule has 2 rings (SSSR count). The second-order valence-electron chi connectivity index (χ2n) is 7.50. The lowest BCUT2D eigenvalue weighted by molar-refractivity contribution is 0.0488. The van der Waals surface area contributed by atoms with Gasteiger partial charge in [0, 0.05) is 36.8 Å². The summed E-state index contributed by atoms with van der Waals surface area (Å²) in [6.45, 7) is 9.54. The summed E-state index contributed by atoms with van der Waals surface area (Å²) >= 11 is 6.07. The highest BCUT2D eigenvalue weighted by atomic mass is 35.5. The van der Waals surface area contributed by atoms with E-state index in [2.05, 4.69) is 28.2 Å². The van der Waals surface area contributed by atoms with Crippen LogP contribution < -0.4 is 5.32 Å². The number of amides is 1. The van der Waals surface area contributed by atoms with Crippen molar-refractivity contribution in [3.63, 3.8) is 0 Å². The number of ether oxygens (including phenoxy) is 1. The quantitative estimate of drug-likeness (QED) is 0.773. The molecule has 2 heterocycles. The number of hydrogen-bond donors (Lipinski definition) is 1. The van der Waals surface area contributed by atoms with Gasteiger partial charge >= 0.3 is 6.09 Å². The third-order valence-corrected chi connectivity index (χ3v) is 4.24. The largest absolute Gasteiger partial charge is 0.444 e. The van der Waals surface area contributed by atoms with E-state index < -0.39 is 5.60 Å². The fourth-order valence-corrected chi connectivity index (χ4v) is 3.16. The van der Waals surface area contributed by atoms with E-state index in [1.165, 1.54) is 0 Å². The maximum absolute atomic E-state index is 11.9. The fraction of sp³-hybridized carbons (Fsp3) is 0.667. The average molecular weight is 354 g/mol. The van der Waals surface area contributed by atoms with Gasteiger partial charge in [0.15, 0.2) is 0 Å². The Morgan fingerprint density at radius 3 is 2.67 bits per heavy atom. The van der Waals surface area contributed by atoms with Gasteiger partial charge in [0.1, 0.15) is 11.4 Å². The second kappa shape index (κ2) is 8.06. The van der Waals surface area contributed by atoms with Crippen LogP contribution in [0.4, 0.5) is 4.79 Å². The molecule has 0 aliphatic carbocycles. The molecule has 0 aromatic rings. The van der Waals surface area contributed by atoms with Gasteiger partial charge in [-0.15, -0.1) is 0 Å². The first-order valence-corrected chi connectivity index (χ1v) is 8.96. The van der Waals surface area contributed by atoms with Crippen molar-refractivity contribution in [3.05, 3.63) is 23.4 Å². The zero-order valence-corrected chi connectivity index (χ0v) is 15.8. The van der Waals surface area contributed by atoms with Gasteiger partial charge in [0.25, 0.3) is 0 Å². The Kier molecular flexibility index (Phi) is 6.33. The van der Waals surface area contributed by atoms with E-state index in [-0.39, 0.29) is 12.1 Å². The second-order valence-corrected chi connectivity index (χ2v) is 7.94. The molecule has 2 aliphatic heterocycles. The van der Waals surface area contributed by atoms with Crippen LogP contribution in [-0.2, 0) is 4.74 Å². The van der Waals surface area contributed by atoms with Gasteiger partial charge in [-0.3, -0.25) is 0 Å². The number of alkyl carbamates (subject to hydrolysis) is 1. The first kappa shape index (κ1) is 18.8. The summed E-state index contributed by atoms with van der Waals surface area (Å²) in [6.07, 6.45) is 7.99. The van der Waals surface area contributed by atoms with E-state index in [1.54, 1.807) is 6.20 Å². The Labute approximate surface area is 149 Å². The molecule has 1 N–H and O–H groups in total. The molecule has 0 saturated carbocycles. The smallest absolute Gasteiger partial charge is 0.407 e. The monoisotopic (exact) mass is 353 g/mol. The Balaban J connectivity index is 1.85. The SMILES string of the molecule is CC1C=C(Cl)C=CN=C(N2CCC(NC(=O)OC(C)(C)C)CC2)C1. The fourth-order valence-electron chi connectivity index (χ4n) is 2.89. The minimum atomic E-state index is -0.463. The molecular formula is C18H28ClN3O2. The van der Waals surface area contributed by atoms with Crippen LogP contribution in [0.5, 0.6) is 0 Å². The van der Waals surface area contributed by atoms with Crippen molar-refractivity contribution in [2.24, 2.45) is 10.9 Å². The number of nitrogens with zero attached hydrogens (tertiary/aromatic N) is 2. The van der Waals surface area contributed by atoms with E-state index in [9.17, 15) is 4.79 Å². The van der Waals surface area contributed by atoms with Gasteiger partial charge in [-0.2, -0.15) is 0 Å². The number of allylic oxidation sites excluding steroid dienone is 3. The lowest BCUT2D eigenvalue weighted by Crippen LogP contribution is -2.47. The van der Waals surface area contributed by atoms with Crippen molar-refractivity contribution in [3.8, 4) is 0 Å². The summed E-state index contributed by atoms with van der Waals surface area (Å²) in [5, 5.41) is 3.71. The van der Waals surface area contributed by atoms with Gasteiger partial charge < -0.3 is 15.0 Å². The number of piperidine rings is 1. The lowest BCUT2D eigenvalue weighted by Gasteiger charge is -2.35. The van der Waals surface area contributed by atoms with E-state index in [0.717, 1.165) is 43.2 Å². The van der Waals surface area contributed by atoms with Crippen LogP contribution in [0.3, 0.4) is 0 Å². The van der Waals surface area contributed by atoms with Crippen molar-refractivity contribution >= 4 is 23.5 Å². The predicted molar refractivity (Wildman–Crippen MR) is 98.3 cm³/mol. The summed E-state index contributed by atoms with van der Waals surface area (Å²) in [6, 6.07) is 0.160. The zero-order chi connectivity index (χ0) is 17.7. The van der Waals surface area contributed by atoms with Crippen LogP contribution in [0, 0.1) is 5.92 Å². The van der Waals surface area contributed by atoms with Crippen LogP contribution in [-0.4, -0.2) is 41.6 Å². The first-order chi connectivity index (χ1) is 11.2. The van der Waals surface area contributed by atoms with Gasteiger partial charge in [-0.25, -0.2) is 9.79 Å². The predicted octanol–water partition coefficient (Wildman–Crippen LogP) is 4.05. The number of amidine groups is 1. The molecule has 0 spiro atoms. The van der Waals surface area contributed by atoms with Crippen LogP contribution >= 0.6 is 11.6 Å². The number of carbonyl (C=O) groups excluding carboxylic acids is 1. The van der Waals surface area contributed by atoms with Crippen molar-refractivity contribution in [1.82, 2.24) is 10.2 Å². The molecule has 134 valence electrons. The highest BCUT2D eigenvalue weighted by molar-refractivity contribution is 6.31. The molecule has 0 aromatic heterocycles. The van der Waals surface area contributed by atoms with Crippen molar-refractivity contribution < 1.29 is 9.53 Å². The van der Waals surface area contributed by atoms with Crippen LogP contribution in [0.15, 0.2) is 28.4 Å². The zero-order valence-electron chi connectivity index (χ0n) is 15.0. The molecule has 24 heavy (non-hydrogen) atoms. The molecule has 5 nitrogen and oxygen atoms in total. The van der Waals surface area contributed by atoms with Crippen LogP contribution in [0.1, 0.15) is 47.0 Å². The van der Waals surface area contributed by atoms with Gasteiger partial charge in [0.05, 0.1) is 0 Å². The summed E-state index contributed by atoms with van der Waals surface area (Å²) in [4.78, 5) is 18.7. The van der Waals surface area contributed by atoms with E-state index >= 15 is 0 Å². The highest BCUT2D eigenvalue weighted by Crippen LogP contribution is 2.20. The molecule has 2 aliphatic rings. The number of likely N-dealkylation sites (tertiary alicyclic amines) is 1. The van der Waals surface area contributed by atoms with E-state index in [0.29, 0.717) is 5.92 Å². The van der Waals surface area contributed by atoms with Gasteiger partial charge in [-0.1, -0.05) is 24.6 Å². The van der Waals surface area contributed by atoms with Crippen LogP contribution in [0.2, 0.25) is 0 Å². The minimum Gasteiger partial charge on any atom is -0.444 e. The Morgan fingerprint density at radius 1 is 1.38 bits per heavy atom. The third-order valence-electron chi connectivity index (χ3n) is 3.99. The molecule has 1 atom stereocenters. The first-order valence-electron chi connectivity index (χ1n) is 8.58.